The van der Waals surface area contributed by atoms with Gasteiger partial charge in [-0.1, -0.05) is 18.2 Å². The van der Waals surface area contributed by atoms with Gasteiger partial charge in [-0.25, -0.2) is 9.97 Å². The lowest BCUT2D eigenvalue weighted by molar-refractivity contribution is 0.0738. The number of hydrogen-bond acceptors (Lipinski definition) is 5. The maximum Gasteiger partial charge on any atom is 0.258 e. The summed E-state index contributed by atoms with van der Waals surface area (Å²) in [7, 11) is 0. The molecule has 6 nitrogen and oxygen atoms in total. The maximum atomic E-state index is 13.2. The van der Waals surface area contributed by atoms with E-state index in [1.807, 2.05) is 42.5 Å². The molecule has 0 atom stereocenters. The van der Waals surface area contributed by atoms with Crippen LogP contribution in [-0.2, 0) is 6.54 Å². The van der Waals surface area contributed by atoms with Gasteiger partial charge in [0.05, 0.1) is 24.8 Å². The number of carbonyl (C=O) groups is 1. The maximum absolute atomic E-state index is 13.2. The Morgan fingerprint density at radius 3 is 2.55 bits per heavy atom. The quantitative estimate of drug-likeness (QED) is 0.668. The molecule has 0 saturated heterocycles. The summed E-state index contributed by atoms with van der Waals surface area (Å²) in [4.78, 5) is 23.4. The summed E-state index contributed by atoms with van der Waals surface area (Å²) >= 11 is 0. The minimum Gasteiger partial charge on any atom is -0.491 e. The van der Waals surface area contributed by atoms with Crippen LogP contribution in [0.1, 0.15) is 29.0 Å². The van der Waals surface area contributed by atoms with Gasteiger partial charge in [0.1, 0.15) is 23.9 Å². The Kier molecular flexibility index (Phi) is 4.60. The molecule has 3 aromatic rings. The number of nitrogens with zero attached hydrogens (tertiary/aromatic N) is 3. The molecule has 1 fully saturated rings. The fraction of sp³-hybridized carbons (Fsp3) is 0.261. The predicted molar refractivity (Wildman–Crippen MR) is 108 cm³/mol. The second kappa shape index (κ2) is 7.54. The van der Waals surface area contributed by atoms with Crippen LogP contribution < -0.4 is 9.47 Å². The second-order valence-electron chi connectivity index (χ2n) is 7.29. The third-order valence-electron chi connectivity index (χ3n) is 5.08. The average Bonchev–Trinajstić information content (AvgIpc) is 3.59. The lowest BCUT2D eigenvalue weighted by Gasteiger charge is -2.19. The fourth-order valence-electron chi connectivity index (χ4n) is 3.38. The van der Waals surface area contributed by atoms with Crippen molar-refractivity contribution in [3.63, 3.8) is 0 Å². The Hall–Kier alpha value is -3.41. The van der Waals surface area contributed by atoms with Gasteiger partial charge in [0.25, 0.3) is 5.91 Å². The summed E-state index contributed by atoms with van der Waals surface area (Å²) in [5, 5.41) is 0. The molecule has 0 bridgehead atoms. The molecule has 2 aromatic carbocycles. The van der Waals surface area contributed by atoms with E-state index in [1.54, 1.807) is 23.4 Å². The van der Waals surface area contributed by atoms with Crippen LogP contribution in [0.4, 0.5) is 0 Å². The van der Waals surface area contributed by atoms with E-state index < -0.39 is 0 Å². The van der Waals surface area contributed by atoms with Crippen LogP contribution in [0.15, 0.2) is 60.9 Å². The highest BCUT2D eigenvalue weighted by molar-refractivity contribution is 5.98. The Labute approximate surface area is 169 Å². The molecule has 0 spiro atoms. The van der Waals surface area contributed by atoms with Crippen LogP contribution in [0.3, 0.4) is 0 Å². The summed E-state index contributed by atoms with van der Waals surface area (Å²) in [5.74, 6) is 2.05. The van der Waals surface area contributed by atoms with E-state index in [2.05, 4.69) is 9.97 Å². The first kappa shape index (κ1) is 17.7. The first-order valence-corrected chi connectivity index (χ1v) is 9.85. The first-order valence-electron chi connectivity index (χ1n) is 9.85. The molecular formula is C23H21N3O3. The molecule has 1 aromatic heterocycles. The zero-order chi connectivity index (χ0) is 19.6. The number of fused-ring (bicyclic) bond motifs is 1. The van der Waals surface area contributed by atoms with Gasteiger partial charge >= 0.3 is 0 Å². The number of ether oxygens (including phenoxy) is 2. The monoisotopic (exact) mass is 387 g/mol. The summed E-state index contributed by atoms with van der Waals surface area (Å²) in [5.41, 5.74) is 2.57. The Morgan fingerprint density at radius 1 is 1.03 bits per heavy atom. The SMILES string of the molecule is O=C1c2cc(-c3ccc(OC4CC4)cc3)ccc2OCCN1Cc1ncccn1. The van der Waals surface area contributed by atoms with Gasteiger partial charge in [0, 0.05) is 12.4 Å². The van der Waals surface area contributed by atoms with Crippen molar-refractivity contribution >= 4 is 5.91 Å². The van der Waals surface area contributed by atoms with Crippen LogP contribution in [0.2, 0.25) is 0 Å². The molecule has 0 N–H and O–H groups in total. The summed E-state index contributed by atoms with van der Waals surface area (Å²) < 4.78 is 11.6. The average molecular weight is 387 g/mol. The number of carbonyl (C=O) groups excluding carboxylic acids is 1. The van der Waals surface area contributed by atoms with Crippen molar-refractivity contribution in [2.24, 2.45) is 0 Å². The molecule has 0 radical (unpaired) electrons. The van der Waals surface area contributed by atoms with E-state index in [-0.39, 0.29) is 5.91 Å². The van der Waals surface area contributed by atoms with Crippen LogP contribution in [-0.4, -0.2) is 40.0 Å². The first-order chi connectivity index (χ1) is 14.3. The third-order valence-corrected chi connectivity index (χ3v) is 5.08. The van der Waals surface area contributed by atoms with Crippen molar-refractivity contribution in [2.75, 3.05) is 13.2 Å². The fourth-order valence-corrected chi connectivity index (χ4v) is 3.38. The van der Waals surface area contributed by atoms with Gasteiger partial charge in [0.15, 0.2) is 0 Å². The largest absolute Gasteiger partial charge is 0.491 e. The zero-order valence-corrected chi connectivity index (χ0v) is 16.0. The van der Waals surface area contributed by atoms with Gasteiger partial charge in [-0.2, -0.15) is 0 Å². The van der Waals surface area contributed by atoms with Crippen molar-refractivity contribution in [1.29, 1.82) is 0 Å². The number of benzene rings is 2. The number of amides is 1. The number of hydrogen-bond donors (Lipinski definition) is 0. The van der Waals surface area contributed by atoms with Gasteiger partial charge in [-0.15, -0.1) is 0 Å². The Morgan fingerprint density at radius 2 is 1.79 bits per heavy atom. The van der Waals surface area contributed by atoms with Crippen LogP contribution in [0.25, 0.3) is 11.1 Å². The smallest absolute Gasteiger partial charge is 0.258 e. The molecule has 5 rings (SSSR count). The van der Waals surface area contributed by atoms with Crippen molar-refractivity contribution in [2.45, 2.75) is 25.5 Å². The molecule has 2 heterocycles. The molecule has 2 aliphatic rings. The van der Waals surface area contributed by atoms with E-state index >= 15 is 0 Å². The van der Waals surface area contributed by atoms with E-state index in [4.69, 9.17) is 9.47 Å². The van der Waals surface area contributed by atoms with Crippen LogP contribution in [0, 0.1) is 0 Å². The van der Waals surface area contributed by atoms with E-state index in [0.29, 0.717) is 42.9 Å². The van der Waals surface area contributed by atoms with Gasteiger partial charge in [-0.3, -0.25) is 4.79 Å². The van der Waals surface area contributed by atoms with Gasteiger partial charge < -0.3 is 14.4 Å². The van der Waals surface area contributed by atoms with Crippen LogP contribution in [0.5, 0.6) is 11.5 Å². The molecule has 6 heteroatoms. The minimum atomic E-state index is -0.0690. The zero-order valence-electron chi connectivity index (χ0n) is 16.0. The second-order valence-corrected chi connectivity index (χ2v) is 7.29. The molecular weight excluding hydrogens is 366 g/mol. The molecule has 1 aliphatic heterocycles. The van der Waals surface area contributed by atoms with Crippen molar-refractivity contribution in [1.82, 2.24) is 14.9 Å². The van der Waals surface area contributed by atoms with E-state index in [1.165, 1.54) is 0 Å². The van der Waals surface area contributed by atoms with Crippen molar-refractivity contribution in [3.8, 4) is 22.6 Å². The molecule has 29 heavy (non-hydrogen) atoms. The predicted octanol–water partition coefficient (Wildman–Crippen LogP) is 3.72. The van der Waals surface area contributed by atoms with E-state index in [9.17, 15) is 4.79 Å². The number of rotatable bonds is 5. The van der Waals surface area contributed by atoms with Gasteiger partial charge in [0.2, 0.25) is 0 Å². The molecule has 1 amide bonds. The third kappa shape index (κ3) is 3.92. The topological polar surface area (TPSA) is 64.6 Å². The molecule has 1 saturated carbocycles. The Balaban J connectivity index is 1.40. The molecule has 146 valence electrons. The highest BCUT2D eigenvalue weighted by Crippen LogP contribution is 2.32. The lowest BCUT2D eigenvalue weighted by Crippen LogP contribution is -2.32. The van der Waals surface area contributed by atoms with Crippen molar-refractivity contribution < 1.29 is 14.3 Å². The summed E-state index contributed by atoms with van der Waals surface area (Å²) in [6.45, 7) is 1.30. The minimum absolute atomic E-state index is 0.0690. The Bertz CT molecular complexity index is 1020. The highest BCUT2D eigenvalue weighted by Gasteiger charge is 2.25. The standard InChI is InChI=1S/C23H21N3O3/c27-23-20-14-17(16-2-5-18(6-3-16)29-19-7-8-19)4-9-21(20)28-13-12-26(23)15-22-24-10-1-11-25-22/h1-6,9-11,14,19H,7-8,12-13,15H2. The van der Waals surface area contributed by atoms with Crippen LogP contribution >= 0.6 is 0 Å². The number of aromatic nitrogens is 2. The normalized spacial score (nSPS) is 16.0. The molecule has 0 unspecified atom stereocenters. The van der Waals surface area contributed by atoms with E-state index in [0.717, 1.165) is 29.7 Å². The summed E-state index contributed by atoms with van der Waals surface area (Å²) in [6, 6.07) is 15.5. The van der Waals surface area contributed by atoms with Crippen molar-refractivity contribution in [3.05, 3.63) is 72.3 Å². The molecule has 1 aliphatic carbocycles. The van der Waals surface area contributed by atoms with Gasteiger partial charge in [-0.05, 0) is 54.3 Å². The lowest BCUT2D eigenvalue weighted by atomic mass is 10.0. The highest BCUT2D eigenvalue weighted by atomic mass is 16.5. The summed E-state index contributed by atoms with van der Waals surface area (Å²) in [6.07, 6.45) is 6.02.